The van der Waals surface area contributed by atoms with Gasteiger partial charge in [0.25, 0.3) is 0 Å². The Morgan fingerprint density at radius 2 is 2.07 bits per heavy atom. The smallest absolute Gasteiger partial charge is 0.435 e. The molecule has 0 saturated carbocycles. The van der Waals surface area contributed by atoms with Crippen LogP contribution in [-0.4, -0.2) is 27.0 Å². The Morgan fingerprint density at radius 3 is 2.47 bits per heavy atom. The van der Waals surface area contributed by atoms with E-state index in [9.17, 15) is 18.0 Å². The molecule has 0 atom stereocenters. The van der Waals surface area contributed by atoms with Crippen LogP contribution in [-0.2, 0) is 11.0 Å². The minimum absolute atomic E-state index is 0.144. The van der Waals surface area contributed by atoms with E-state index in [1.54, 1.807) is 0 Å². The van der Waals surface area contributed by atoms with Gasteiger partial charge in [-0.1, -0.05) is 11.8 Å². The van der Waals surface area contributed by atoms with E-state index in [0.29, 0.717) is 0 Å². The third kappa shape index (κ3) is 3.74. The van der Waals surface area contributed by atoms with Crippen molar-refractivity contribution in [2.24, 2.45) is 0 Å². The number of thioether (sulfide) groups is 1. The van der Waals surface area contributed by atoms with Gasteiger partial charge in [0.1, 0.15) is 5.03 Å². The van der Waals surface area contributed by atoms with Crippen LogP contribution in [0, 0.1) is 0 Å². The number of carboxylic acid groups (broad SMARTS) is 1. The Morgan fingerprint density at radius 1 is 1.40 bits per heavy atom. The summed E-state index contributed by atoms with van der Waals surface area (Å²) in [5.74, 6) is -1.33. The number of carboxylic acids is 1. The minimum atomic E-state index is -4.52. The molecule has 1 aromatic rings. The Hall–Kier alpha value is -1.31. The van der Waals surface area contributed by atoms with Crippen molar-refractivity contribution in [3.8, 4) is 0 Å². The van der Waals surface area contributed by atoms with Gasteiger partial charge in [-0.15, -0.1) is 10.2 Å². The molecule has 15 heavy (non-hydrogen) atoms. The second kappa shape index (κ2) is 4.47. The van der Waals surface area contributed by atoms with E-state index in [1.165, 1.54) is 0 Å². The fourth-order valence-electron chi connectivity index (χ4n) is 0.684. The topological polar surface area (TPSA) is 63.1 Å². The molecule has 0 saturated heterocycles. The number of hydrogen-bond acceptors (Lipinski definition) is 4. The van der Waals surface area contributed by atoms with E-state index >= 15 is 0 Å². The lowest BCUT2D eigenvalue weighted by Crippen LogP contribution is -2.09. The fourth-order valence-corrected chi connectivity index (χ4v) is 1.22. The van der Waals surface area contributed by atoms with Gasteiger partial charge in [0.15, 0.2) is 5.69 Å². The summed E-state index contributed by atoms with van der Waals surface area (Å²) in [5, 5.41) is 14.6. The maximum absolute atomic E-state index is 12.0. The number of hydrogen-bond donors (Lipinski definition) is 1. The van der Waals surface area contributed by atoms with Crippen LogP contribution >= 0.6 is 11.8 Å². The van der Waals surface area contributed by atoms with Crippen LogP contribution in [0.1, 0.15) is 5.69 Å². The predicted molar refractivity (Wildman–Crippen MR) is 45.4 cm³/mol. The average molecular weight is 238 g/mol. The number of nitrogens with zero attached hydrogens (tertiary/aromatic N) is 2. The third-order valence-corrected chi connectivity index (χ3v) is 2.18. The lowest BCUT2D eigenvalue weighted by atomic mass is 10.4. The van der Waals surface area contributed by atoms with Crippen LogP contribution in [0.15, 0.2) is 17.2 Å². The lowest BCUT2D eigenvalue weighted by molar-refractivity contribution is -0.142. The molecule has 4 nitrogen and oxygen atoms in total. The summed E-state index contributed by atoms with van der Waals surface area (Å²) in [6.45, 7) is 0. The van der Waals surface area contributed by atoms with Crippen molar-refractivity contribution < 1.29 is 23.1 Å². The van der Waals surface area contributed by atoms with Gasteiger partial charge in [-0.25, -0.2) is 0 Å². The quantitative estimate of drug-likeness (QED) is 0.811. The molecular formula is C7H5F3N2O2S. The van der Waals surface area contributed by atoms with E-state index < -0.39 is 17.8 Å². The summed E-state index contributed by atoms with van der Waals surface area (Å²) in [6.07, 6.45) is -4.52. The van der Waals surface area contributed by atoms with Crippen LogP contribution in [0.4, 0.5) is 13.2 Å². The molecule has 0 bridgehead atoms. The maximum Gasteiger partial charge on any atom is 0.435 e. The molecule has 0 aromatic carbocycles. The molecule has 0 aliphatic carbocycles. The van der Waals surface area contributed by atoms with Crippen molar-refractivity contribution in [2.45, 2.75) is 11.2 Å². The maximum atomic E-state index is 12.0. The zero-order valence-electron chi connectivity index (χ0n) is 7.15. The first-order valence-corrected chi connectivity index (χ1v) is 4.63. The molecule has 8 heteroatoms. The van der Waals surface area contributed by atoms with Crippen molar-refractivity contribution in [1.82, 2.24) is 10.2 Å². The highest BCUT2D eigenvalue weighted by molar-refractivity contribution is 7.99. The van der Waals surface area contributed by atoms with Gasteiger partial charge in [-0.3, -0.25) is 4.79 Å². The van der Waals surface area contributed by atoms with Gasteiger partial charge in [0.2, 0.25) is 0 Å². The van der Waals surface area contributed by atoms with Crippen LogP contribution in [0.2, 0.25) is 0 Å². The van der Waals surface area contributed by atoms with Gasteiger partial charge >= 0.3 is 12.1 Å². The monoisotopic (exact) mass is 238 g/mol. The summed E-state index contributed by atoms with van der Waals surface area (Å²) in [5.41, 5.74) is -1.10. The molecule has 0 aliphatic rings. The SMILES string of the molecule is O=C(O)CSc1ccc(C(F)(F)F)nn1. The Kier molecular flexibility index (Phi) is 3.51. The van der Waals surface area contributed by atoms with Crippen LogP contribution in [0.25, 0.3) is 0 Å². The van der Waals surface area contributed by atoms with Crippen LogP contribution < -0.4 is 0 Å². The van der Waals surface area contributed by atoms with Crippen molar-refractivity contribution in [3.63, 3.8) is 0 Å². The predicted octanol–water partition coefficient (Wildman–Crippen LogP) is 1.67. The highest BCUT2D eigenvalue weighted by Gasteiger charge is 2.32. The molecule has 82 valence electrons. The molecule has 1 aromatic heterocycles. The molecule has 0 fully saturated rings. The molecule has 0 radical (unpaired) electrons. The molecule has 1 heterocycles. The summed E-state index contributed by atoms with van der Waals surface area (Å²) in [7, 11) is 0. The van der Waals surface area contributed by atoms with E-state index in [-0.39, 0.29) is 10.8 Å². The zero-order valence-corrected chi connectivity index (χ0v) is 7.97. The molecule has 0 amide bonds. The molecule has 1 N–H and O–H groups in total. The number of alkyl halides is 3. The molecule has 1 rings (SSSR count). The normalized spacial score (nSPS) is 11.4. The highest BCUT2D eigenvalue weighted by Crippen LogP contribution is 2.27. The molecule has 0 unspecified atom stereocenters. The number of carbonyl (C=O) groups is 1. The zero-order chi connectivity index (χ0) is 11.5. The number of halogens is 3. The first-order valence-electron chi connectivity index (χ1n) is 3.65. The van der Waals surface area contributed by atoms with Gasteiger partial charge in [0, 0.05) is 0 Å². The van der Waals surface area contributed by atoms with Crippen molar-refractivity contribution in [3.05, 3.63) is 17.8 Å². The molecule has 0 aliphatic heterocycles. The first kappa shape index (κ1) is 11.8. The summed E-state index contributed by atoms with van der Waals surface area (Å²) >= 11 is 0.807. The Bertz CT molecular complexity index is 352. The number of aromatic nitrogens is 2. The fraction of sp³-hybridized carbons (Fsp3) is 0.286. The van der Waals surface area contributed by atoms with Gasteiger partial charge in [-0.2, -0.15) is 13.2 Å². The second-order valence-electron chi connectivity index (χ2n) is 2.44. The van der Waals surface area contributed by atoms with Crippen molar-refractivity contribution in [1.29, 1.82) is 0 Å². The van der Waals surface area contributed by atoms with E-state index in [1.807, 2.05) is 0 Å². The largest absolute Gasteiger partial charge is 0.481 e. The standard InChI is InChI=1S/C7H5F3N2O2S/c8-7(9,10)4-1-2-5(12-11-4)15-3-6(13)14/h1-2H,3H2,(H,13,14). The number of rotatable bonds is 3. The lowest BCUT2D eigenvalue weighted by Gasteiger charge is -2.04. The van der Waals surface area contributed by atoms with E-state index in [4.69, 9.17) is 5.11 Å². The molecular weight excluding hydrogens is 233 g/mol. The van der Waals surface area contributed by atoms with Crippen molar-refractivity contribution in [2.75, 3.05) is 5.75 Å². The first-order chi connectivity index (χ1) is 6.89. The average Bonchev–Trinajstić information content (AvgIpc) is 2.14. The summed E-state index contributed by atoms with van der Waals surface area (Å²) < 4.78 is 36.1. The van der Waals surface area contributed by atoms with Crippen LogP contribution in [0.5, 0.6) is 0 Å². The second-order valence-corrected chi connectivity index (χ2v) is 3.43. The Labute approximate surface area is 86.5 Å². The summed E-state index contributed by atoms with van der Waals surface area (Å²) in [4.78, 5) is 10.1. The minimum Gasteiger partial charge on any atom is -0.481 e. The molecule has 0 spiro atoms. The van der Waals surface area contributed by atoms with Gasteiger partial charge in [0.05, 0.1) is 5.75 Å². The van der Waals surface area contributed by atoms with Gasteiger partial charge in [-0.05, 0) is 12.1 Å². The summed E-state index contributed by atoms with van der Waals surface area (Å²) in [6, 6.07) is 1.85. The van der Waals surface area contributed by atoms with E-state index in [0.717, 1.165) is 23.9 Å². The van der Waals surface area contributed by atoms with Crippen LogP contribution in [0.3, 0.4) is 0 Å². The number of aliphatic carboxylic acids is 1. The Balaban J connectivity index is 2.69. The van der Waals surface area contributed by atoms with E-state index in [2.05, 4.69) is 10.2 Å². The van der Waals surface area contributed by atoms with Crippen molar-refractivity contribution >= 4 is 17.7 Å². The highest BCUT2D eigenvalue weighted by atomic mass is 32.2. The third-order valence-electron chi connectivity index (χ3n) is 1.27. The van der Waals surface area contributed by atoms with Gasteiger partial charge < -0.3 is 5.11 Å².